The molecule has 0 saturated carbocycles. The fourth-order valence-corrected chi connectivity index (χ4v) is 5.24. The lowest BCUT2D eigenvalue weighted by Gasteiger charge is -2.31. The highest BCUT2D eigenvalue weighted by molar-refractivity contribution is 7.18. The molecule has 1 aliphatic heterocycles. The average molecular weight is 472 g/mol. The maximum Gasteiger partial charge on any atom is 0.416 e. The number of H-pyrrole nitrogens is 1. The number of piperidine rings is 1. The van der Waals surface area contributed by atoms with Gasteiger partial charge in [-0.3, -0.25) is 4.90 Å². The molecule has 2 aromatic heterocycles. The quantitative estimate of drug-likeness (QED) is 0.365. The van der Waals surface area contributed by atoms with Crippen molar-refractivity contribution in [2.75, 3.05) is 19.7 Å². The number of halogens is 3. The number of aliphatic hydroxyl groups excluding tert-OH is 1. The molecule has 0 bridgehead atoms. The van der Waals surface area contributed by atoms with Crippen LogP contribution in [0.15, 0.2) is 54.6 Å². The first-order chi connectivity index (χ1) is 15.9. The molecule has 33 heavy (non-hydrogen) atoms. The average Bonchev–Trinajstić information content (AvgIpc) is 3.46. The number of alkyl halides is 3. The fraction of sp³-hybridized carbons (Fsp3) is 0.320. The molecule has 5 rings (SSSR count). The number of fused-ring (bicyclic) bond motifs is 1. The minimum Gasteiger partial charge on any atom is -0.396 e. The molecule has 0 atom stereocenters. The highest BCUT2D eigenvalue weighted by Crippen LogP contribution is 2.36. The number of hydrogen-bond donors (Lipinski definition) is 2. The third-order valence-corrected chi connectivity index (χ3v) is 7.40. The van der Waals surface area contributed by atoms with E-state index in [9.17, 15) is 18.3 Å². The predicted octanol–water partition coefficient (Wildman–Crippen LogP) is 6.18. The summed E-state index contributed by atoms with van der Waals surface area (Å²) in [5.41, 5.74) is 2.57. The number of rotatable bonds is 5. The van der Waals surface area contributed by atoms with E-state index in [1.54, 1.807) is 11.3 Å². The summed E-state index contributed by atoms with van der Waals surface area (Å²) in [5, 5.41) is 9.29. The number of nitrogens with zero attached hydrogens (tertiary/aromatic N) is 2. The first-order valence-corrected chi connectivity index (χ1v) is 11.8. The van der Waals surface area contributed by atoms with Gasteiger partial charge in [-0.15, -0.1) is 11.3 Å². The van der Waals surface area contributed by atoms with Crippen LogP contribution >= 0.6 is 11.3 Å². The maximum atomic E-state index is 13.0. The van der Waals surface area contributed by atoms with Gasteiger partial charge in [0.2, 0.25) is 0 Å². The Labute approximate surface area is 193 Å². The van der Waals surface area contributed by atoms with E-state index in [-0.39, 0.29) is 6.61 Å². The third kappa shape index (κ3) is 4.83. The molecule has 0 unspecified atom stereocenters. The van der Waals surface area contributed by atoms with Crippen LogP contribution in [0.2, 0.25) is 0 Å². The van der Waals surface area contributed by atoms with Crippen molar-refractivity contribution in [3.05, 3.63) is 65.7 Å². The van der Waals surface area contributed by atoms with E-state index in [2.05, 4.69) is 39.1 Å². The van der Waals surface area contributed by atoms with Crippen LogP contribution in [0.1, 0.15) is 24.0 Å². The smallest absolute Gasteiger partial charge is 0.396 e. The molecule has 0 aliphatic carbocycles. The molecule has 2 aromatic carbocycles. The second-order valence-corrected chi connectivity index (χ2v) is 9.66. The zero-order chi connectivity index (χ0) is 23.0. The van der Waals surface area contributed by atoms with E-state index in [4.69, 9.17) is 0 Å². The molecule has 4 aromatic rings. The predicted molar refractivity (Wildman–Crippen MR) is 125 cm³/mol. The van der Waals surface area contributed by atoms with Gasteiger partial charge >= 0.3 is 6.18 Å². The number of benzene rings is 2. The Bertz CT molecular complexity index is 1240. The molecule has 4 nitrogen and oxygen atoms in total. The molecular formula is C25H24F3N3OS. The van der Waals surface area contributed by atoms with Crippen molar-refractivity contribution in [2.24, 2.45) is 5.92 Å². The molecule has 1 fully saturated rings. The molecule has 0 radical (unpaired) electrons. The number of nitrogens with one attached hydrogen (secondary N) is 1. The summed E-state index contributed by atoms with van der Waals surface area (Å²) in [4.78, 5) is 11.9. The van der Waals surface area contributed by atoms with Gasteiger partial charge in [0.25, 0.3) is 0 Å². The number of aromatic amines is 1. The highest BCUT2D eigenvalue weighted by atomic mass is 32.1. The molecule has 1 saturated heterocycles. The molecular weight excluding hydrogens is 447 g/mol. The van der Waals surface area contributed by atoms with Crippen molar-refractivity contribution >= 4 is 22.4 Å². The van der Waals surface area contributed by atoms with Crippen LogP contribution in [0.3, 0.4) is 0 Å². The Kier molecular flexibility index (Phi) is 5.99. The van der Waals surface area contributed by atoms with Gasteiger partial charge in [0.05, 0.1) is 21.5 Å². The van der Waals surface area contributed by atoms with Crippen LogP contribution in [-0.4, -0.2) is 39.7 Å². The van der Waals surface area contributed by atoms with E-state index >= 15 is 0 Å². The van der Waals surface area contributed by atoms with Crippen LogP contribution in [-0.2, 0) is 12.7 Å². The van der Waals surface area contributed by atoms with Gasteiger partial charge in [-0.1, -0.05) is 24.3 Å². The Morgan fingerprint density at radius 2 is 1.73 bits per heavy atom. The normalized spacial score (nSPS) is 16.0. The van der Waals surface area contributed by atoms with Crippen molar-refractivity contribution in [1.29, 1.82) is 0 Å². The highest BCUT2D eigenvalue weighted by Gasteiger charge is 2.30. The van der Waals surface area contributed by atoms with E-state index in [1.807, 2.05) is 12.1 Å². The molecule has 2 N–H and O–H groups in total. The lowest BCUT2D eigenvalue weighted by molar-refractivity contribution is -0.137. The van der Waals surface area contributed by atoms with Crippen LogP contribution < -0.4 is 0 Å². The minimum absolute atomic E-state index is 0.286. The first kappa shape index (κ1) is 22.1. The summed E-state index contributed by atoms with van der Waals surface area (Å²) >= 11 is 1.56. The second-order valence-electron chi connectivity index (χ2n) is 8.58. The summed E-state index contributed by atoms with van der Waals surface area (Å²) in [5.74, 6) is 1.01. The Morgan fingerprint density at radius 3 is 2.42 bits per heavy atom. The number of hydrogen-bond acceptors (Lipinski definition) is 4. The molecule has 0 amide bonds. The third-order valence-electron chi connectivity index (χ3n) is 6.26. The van der Waals surface area contributed by atoms with Crippen LogP contribution in [0.25, 0.3) is 32.2 Å². The monoisotopic (exact) mass is 471 g/mol. The summed E-state index contributed by atoms with van der Waals surface area (Å²) in [7, 11) is 0. The van der Waals surface area contributed by atoms with E-state index in [1.165, 1.54) is 11.6 Å². The number of aromatic nitrogens is 2. The number of imidazole rings is 1. The molecule has 0 spiro atoms. The van der Waals surface area contributed by atoms with Gasteiger partial charge in [-0.2, -0.15) is 13.2 Å². The lowest BCUT2D eigenvalue weighted by Crippen LogP contribution is -2.34. The Morgan fingerprint density at radius 1 is 1.00 bits per heavy atom. The Hall–Kier alpha value is -2.68. The standard InChI is InChI=1S/C25H24F3N3OS/c26-25(27,28)19-5-6-20-21(13-19)30-24(29-20)23-8-7-22(33-23)18-3-1-16(2-4-18)14-31-11-9-17(15-32)10-12-31/h1-8,13,17,32H,9-12,14-15H2,(H,29,30). The lowest BCUT2D eigenvalue weighted by atomic mass is 9.97. The van der Waals surface area contributed by atoms with E-state index in [0.29, 0.717) is 22.8 Å². The number of thiophene rings is 1. The molecule has 3 heterocycles. The van der Waals surface area contributed by atoms with Gasteiger partial charge in [-0.25, -0.2) is 4.98 Å². The maximum absolute atomic E-state index is 13.0. The summed E-state index contributed by atoms with van der Waals surface area (Å²) in [6.07, 6.45) is -2.28. The summed E-state index contributed by atoms with van der Waals surface area (Å²) in [6.45, 7) is 3.23. The first-order valence-electron chi connectivity index (χ1n) is 11.0. The van der Waals surface area contributed by atoms with Gasteiger partial charge < -0.3 is 10.1 Å². The number of likely N-dealkylation sites (tertiary alicyclic amines) is 1. The van der Waals surface area contributed by atoms with Crippen molar-refractivity contribution in [3.63, 3.8) is 0 Å². The summed E-state index contributed by atoms with van der Waals surface area (Å²) < 4.78 is 38.9. The van der Waals surface area contributed by atoms with E-state index in [0.717, 1.165) is 59.9 Å². The minimum atomic E-state index is -4.38. The Balaban J connectivity index is 1.29. The van der Waals surface area contributed by atoms with Crippen molar-refractivity contribution in [2.45, 2.75) is 25.6 Å². The number of aliphatic hydroxyl groups is 1. The van der Waals surface area contributed by atoms with Crippen LogP contribution in [0.5, 0.6) is 0 Å². The fourth-order valence-electron chi connectivity index (χ4n) is 4.28. The topological polar surface area (TPSA) is 52.1 Å². The summed E-state index contributed by atoms with van der Waals surface area (Å²) in [6, 6.07) is 16.0. The SMILES string of the molecule is OCC1CCN(Cc2ccc(-c3ccc(-c4nc5ccc(C(F)(F)F)cc5[nH]4)s3)cc2)CC1. The molecule has 8 heteroatoms. The van der Waals surface area contributed by atoms with Gasteiger partial charge in [-0.05, 0) is 73.3 Å². The van der Waals surface area contributed by atoms with E-state index < -0.39 is 11.7 Å². The van der Waals surface area contributed by atoms with Crippen molar-refractivity contribution < 1.29 is 18.3 Å². The largest absolute Gasteiger partial charge is 0.416 e. The van der Waals surface area contributed by atoms with Crippen molar-refractivity contribution in [3.8, 4) is 21.1 Å². The zero-order valence-electron chi connectivity index (χ0n) is 17.9. The van der Waals surface area contributed by atoms with Crippen LogP contribution in [0, 0.1) is 5.92 Å². The zero-order valence-corrected chi connectivity index (χ0v) is 18.7. The van der Waals surface area contributed by atoms with Crippen molar-refractivity contribution in [1.82, 2.24) is 14.9 Å². The van der Waals surface area contributed by atoms with Crippen LogP contribution in [0.4, 0.5) is 13.2 Å². The van der Waals surface area contributed by atoms with Gasteiger partial charge in [0.1, 0.15) is 5.82 Å². The molecule has 1 aliphatic rings. The van der Waals surface area contributed by atoms with Gasteiger partial charge in [0, 0.05) is 18.0 Å². The van der Waals surface area contributed by atoms with Gasteiger partial charge in [0.15, 0.2) is 0 Å². The second kappa shape index (κ2) is 8.93. The molecule has 172 valence electrons.